The lowest BCUT2D eigenvalue weighted by atomic mass is 10.2. The number of nitrogen functional groups attached to an aromatic ring is 1. The maximum absolute atomic E-state index is 5.60. The summed E-state index contributed by atoms with van der Waals surface area (Å²) < 4.78 is 0.929. The topological polar surface area (TPSA) is 50.9 Å². The molecule has 0 aliphatic rings. The lowest BCUT2D eigenvalue weighted by Gasteiger charge is -2.07. The van der Waals surface area contributed by atoms with Crippen LogP contribution in [0.2, 0.25) is 0 Å². The molecule has 1 aromatic heterocycles. The molecule has 1 aromatic rings. The van der Waals surface area contributed by atoms with Gasteiger partial charge in [0.1, 0.15) is 5.82 Å². The molecule has 0 unspecified atom stereocenters. The van der Waals surface area contributed by atoms with Crippen LogP contribution >= 0.6 is 15.9 Å². The minimum Gasteiger partial charge on any atom is -0.397 e. The smallest absolute Gasteiger partial charge is 0.140 e. The Bertz CT molecular complexity index is 302. The summed E-state index contributed by atoms with van der Waals surface area (Å²) in [6.07, 6.45) is 6.70. The van der Waals surface area contributed by atoms with Crippen LogP contribution in [0.1, 0.15) is 32.6 Å². The van der Waals surface area contributed by atoms with Crippen LogP contribution in [0.5, 0.6) is 0 Å². The average Bonchev–Trinajstić information content (AvgIpc) is 2.20. The van der Waals surface area contributed by atoms with E-state index in [0.717, 1.165) is 16.8 Å². The van der Waals surface area contributed by atoms with Crippen molar-refractivity contribution < 1.29 is 0 Å². The van der Waals surface area contributed by atoms with E-state index in [1.165, 1.54) is 25.7 Å². The van der Waals surface area contributed by atoms with Crippen molar-refractivity contribution >= 4 is 27.4 Å². The molecule has 0 fully saturated rings. The minimum absolute atomic E-state index is 0.679. The molecule has 0 aliphatic heterocycles. The van der Waals surface area contributed by atoms with Crippen LogP contribution in [0.25, 0.3) is 0 Å². The second kappa shape index (κ2) is 6.67. The third-order valence-corrected chi connectivity index (χ3v) is 2.79. The van der Waals surface area contributed by atoms with Crippen LogP contribution in [0, 0.1) is 0 Å². The van der Waals surface area contributed by atoms with E-state index >= 15 is 0 Å². The van der Waals surface area contributed by atoms with Gasteiger partial charge in [-0.2, -0.15) is 0 Å². The fourth-order valence-corrected chi connectivity index (χ4v) is 1.85. The van der Waals surface area contributed by atoms with Gasteiger partial charge in [0.25, 0.3) is 0 Å². The van der Waals surface area contributed by atoms with E-state index in [2.05, 4.69) is 33.2 Å². The van der Waals surface area contributed by atoms with Gasteiger partial charge in [-0.25, -0.2) is 4.98 Å². The van der Waals surface area contributed by atoms with Crippen LogP contribution < -0.4 is 11.1 Å². The third-order valence-electron chi connectivity index (χ3n) is 2.19. The highest BCUT2D eigenvalue weighted by atomic mass is 79.9. The first-order valence-electron chi connectivity index (χ1n) is 5.39. The molecule has 3 nitrogen and oxygen atoms in total. The third kappa shape index (κ3) is 4.51. The molecule has 3 N–H and O–H groups in total. The SMILES string of the molecule is CCCCCCNc1ncc(N)cc1Br. The van der Waals surface area contributed by atoms with Crippen LogP contribution in [0.15, 0.2) is 16.7 Å². The second-order valence-electron chi connectivity index (χ2n) is 3.59. The largest absolute Gasteiger partial charge is 0.397 e. The van der Waals surface area contributed by atoms with Gasteiger partial charge in [0.2, 0.25) is 0 Å². The normalized spacial score (nSPS) is 10.3. The van der Waals surface area contributed by atoms with Crippen LogP contribution in [-0.2, 0) is 0 Å². The molecule has 0 spiro atoms. The maximum atomic E-state index is 5.60. The summed E-state index contributed by atoms with van der Waals surface area (Å²) in [6.45, 7) is 3.18. The number of pyridine rings is 1. The van der Waals surface area contributed by atoms with Crippen molar-refractivity contribution in [3.63, 3.8) is 0 Å². The first-order chi connectivity index (χ1) is 7.24. The molecule has 0 aromatic carbocycles. The van der Waals surface area contributed by atoms with E-state index in [-0.39, 0.29) is 0 Å². The Morgan fingerprint density at radius 1 is 1.40 bits per heavy atom. The standard InChI is InChI=1S/C11H18BrN3/c1-2-3-4-5-6-14-11-10(12)7-9(13)8-15-11/h7-8H,2-6,13H2,1H3,(H,14,15). The van der Waals surface area contributed by atoms with Crippen molar-refractivity contribution in [2.24, 2.45) is 0 Å². The average molecular weight is 272 g/mol. The van der Waals surface area contributed by atoms with Crippen molar-refractivity contribution in [2.45, 2.75) is 32.6 Å². The number of nitrogens with zero attached hydrogens (tertiary/aromatic N) is 1. The number of unbranched alkanes of at least 4 members (excludes halogenated alkanes) is 3. The molecule has 84 valence electrons. The summed E-state index contributed by atoms with van der Waals surface area (Å²) in [6, 6.07) is 1.86. The molecule has 0 atom stereocenters. The zero-order chi connectivity index (χ0) is 11.1. The molecule has 4 heteroatoms. The lowest BCUT2D eigenvalue weighted by molar-refractivity contribution is 0.684. The monoisotopic (exact) mass is 271 g/mol. The predicted octanol–water partition coefficient (Wildman–Crippen LogP) is 3.42. The van der Waals surface area contributed by atoms with Crippen LogP contribution in [0.3, 0.4) is 0 Å². The first-order valence-corrected chi connectivity index (χ1v) is 6.18. The van der Waals surface area contributed by atoms with Gasteiger partial charge in [0, 0.05) is 6.54 Å². The molecular formula is C11H18BrN3. The summed E-state index contributed by atoms with van der Waals surface area (Å²) in [5.74, 6) is 0.876. The Morgan fingerprint density at radius 2 is 2.20 bits per heavy atom. The van der Waals surface area contributed by atoms with E-state index in [4.69, 9.17) is 5.73 Å². The second-order valence-corrected chi connectivity index (χ2v) is 4.44. The zero-order valence-electron chi connectivity index (χ0n) is 9.09. The van der Waals surface area contributed by atoms with Gasteiger partial charge in [-0.15, -0.1) is 0 Å². The fourth-order valence-electron chi connectivity index (χ4n) is 1.34. The Kier molecular flexibility index (Phi) is 5.47. The molecule has 0 saturated carbocycles. The van der Waals surface area contributed by atoms with Crippen molar-refractivity contribution in [1.29, 1.82) is 0 Å². The van der Waals surface area contributed by atoms with Gasteiger partial charge < -0.3 is 11.1 Å². The Balaban J connectivity index is 2.31. The minimum atomic E-state index is 0.679. The van der Waals surface area contributed by atoms with E-state index < -0.39 is 0 Å². The molecule has 1 heterocycles. The number of halogens is 1. The predicted molar refractivity (Wildman–Crippen MR) is 69.0 cm³/mol. The summed E-state index contributed by atoms with van der Waals surface area (Å²) in [4.78, 5) is 4.21. The van der Waals surface area contributed by atoms with Gasteiger partial charge in [0.05, 0.1) is 16.4 Å². The highest BCUT2D eigenvalue weighted by Crippen LogP contribution is 2.21. The van der Waals surface area contributed by atoms with Gasteiger partial charge in [0.15, 0.2) is 0 Å². The van der Waals surface area contributed by atoms with Gasteiger partial charge in [-0.3, -0.25) is 0 Å². The number of hydrogen-bond donors (Lipinski definition) is 2. The maximum Gasteiger partial charge on any atom is 0.140 e. The van der Waals surface area contributed by atoms with Crippen LogP contribution in [-0.4, -0.2) is 11.5 Å². The summed E-state index contributed by atoms with van der Waals surface area (Å²) in [5.41, 5.74) is 6.28. The van der Waals surface area contributed by atoms with Gasteiger partial charge >= 0.3 is 0 Å². The molecule has 0 saturated heterocycles. The quantitative estimate of drug-likeness (QED) is 0.780. The summed E-state index contributed by atoms with van der Waals surface area (Å²) in [7, 11) is 0. The van der Waals surface area contributed by atoms with Crippen LogP contribution in [0.4, 0.5) is 11.5 Å². The van der Waals surface area contributed by atoms with E-state index in [1.54, 1.807) is 6.20 Å². The Labute approximate surface area is 99.6 Å². The fraction of sp³-hybridized carbons (Fsp3) is 0.545. The summed E-state index contributed by atoms with van der Waals surface area (Å²) in [5, 5.41) is 3.29. The highest BCUT2D eigenvalue weighted by Gasteiger charge is 2.00. The molecular weight excluding hydrogens is 254 g/mol. The number of hydrogen-bond acceptors (Lipinski definition) is 3. The van der Waals surface area contributed by atoms with E-state index in [0.29, 0.717) is 5.69 Å². The van der Waals surface area contributed by atoms with Crippen molar-refractivity contribution in [1.82, 2.24) is 4.98 Å². The highest BCUT2D eigenvalue weighted by molar-refractivity contribution is 9.10. The van der Waals surface area contributed by atoms with E-state index in [9.17, 15) is 0 Å². The molecule has 1 rings (SSSR count). The zero-order valence-corrected chi connectivity index (χ0v) is 10.7. The number of nitrogens with one attached hydrogen (secondary N) is 1. The van der Waals surface area contributed by atoms with Crippen molar-refractivity contribution in [2.75, 3.05) is 17.6 Å². The Morgan fingerprint density at radius 3 is 2.87 bits per heavy atom. The van der Waals surface area contributed by atoms with Crippen molar-refractivity contribution in [3.8, 4) is 0 Å². The molecule has 0 amide bonds. The van der Waals surface area contributed by atoms with Crippen molar-refractivity contribution in [3.05, 3.63) is 16.7 Å². The summed E-state index contributed by atoms with van der Waals surface area (Å²) >= 11 is 3.42. The lowest BCUT2D eigenvalue weighted by Crippen LogP contribution is -2.04. The number of rotatable bonds is 6. The Hall–Kier alpha value is -0.770. The molecule has 15 heavy (non-hydrogen) atoms. The number of aromatic nitrogens is 1. The number of nitrogens with two attached hydrogens (primary N) is 1. The van der Waals surface area contributed by atoms with Gasteiger partial charge in [-0.05, 0) is 28.4 Å². The number of anilines is 2. The first kappa shape index (κ1) is 12.3. The van der Waals surface area contributed by atoms with E-state index in [1.807, 2.05) is 6.07 Å². The molecule has 0 radical (unpaired) electrons. The van der Waals surface area contributed by atoms with Gasteiger partial charge in [-0.1, -0.05) is 26.2 Å². The molecule has 0 bridgehead atoms. The molecule has 0 aliphatic carbocycles.